The number of nitrogens with zero attached hydrogens (tertiary/aromatic N) is 2. The number of benzene rings is 1. The fourth-order valence-corrected chi connectivity index (χ4v) is 1.41. The van der Waals surface area contributed by atoms with Gasteiger partial charge in [0.2, 0.25) is 0 Å². The molecule has 0 aliphatic carbocycles. The van der Waals surface area contributed by atoms with Crippen molar-refractivity contribution in [3.63, 3.8) is 0 Å². The highest BCUT2D eigenvalue weighted by atomic mass is 16.3. The van der Waals surface area contributed by atoms with Crippen molar-refractivity contribution >= 4 is 5.78 Å². The molecule has 0 saturated carbocycles. The Bertz CT molecular complexity index is 503. The number of rotatable bonds is 2. The quantitative estimate of drug-likeness (QED) is 0.755. The molecule has 0 atom stereocenters. The molecule has 0 saturated heterocycles. The van der Waals surface area contributed by atoms with E-state index in [-0.39, 0.29) is 11.5 Å². The zero-order chi connectivity index (χ0) is 10.8. The van der Waals surface area contributed by atoms with Gasteiger partial charge in [0.15, 0.2) is 5.78 Å². The first kappa shape index (κ1) is 9.45. The summed E-state index contributed by atoms with van der Waals surface area (Å²) < 4.78 is 1.43. The molecule has 76 valence electrons. The lowest BCUT2D eigenvalue weighted by Gasteiger charge is -2.06. The largest absolute Gasteiger partial charge is 0.506 e. The van der Waals surface area contributed by atoms with Gasteiger partial charge in [-0.1, -0.05) is 12.1 Å². The molecule has 4 nitrogen and oxygen atoms in total. The number of hydrogen-bond acceptors (Lipinski definition) is 3. The lowest BCUT2D eigenvalue weighted by Crippen LogP contribution is -2.05. The fourth-order valence-electron chi connectivity index (χ4n) is 1.41. The van der Waals surface area contributed by atoms with Crippen molar-refractivity contribution in [3.05, 3.63) is 42.2 Å². The molecule has 4 heteroatoms. The van der Waals surface area contributed by atoms with E-state index in [0.717, 1.165) is 0 Å². The minimum Gasteiger partial charge on any atom is -0.506 e. The lowest BCUT2D eigenvalue weighted by molar-refractivity contribution is 0.101. The Kier molecular flexibility index (Phi) is 2.25. The molecule has 0 radical (unpaired) electrons. The molecule has 0 fully saturated rings. The average molecular weight is 202 g/mol. The Labute approximate surface area is 86.8 Å². The zero-order valence-corrected chi connectivity index (χ0v) is 8.21. The third-order valence-corrected chi connectivity index (χ3v) is 2.11. The number of carbonyl (C=O) groups is 1. The van der Waals surface area contributed by atoms with E-state index in [4.69, 9.17) is 0 Å². The van der Waals surface area contributed by atoms with Crippen LogP contribution in [0.25, 0.3) is 5.69 Å². The zero-order valence-electron chi connectivity index (χ0n) is 8.21. The van der Waals surface area contributed by atoms with E-state index >= 15 is 0 Å². The predicted octanol–water partition coefficient (Wildman–Crippen LogP) is 1.78. The van der Waals surface area contributed by atoms with Crippen LogP contribution in [0.3, 0.4) is 0 Å². The Morgan fingerprint density at radius 3 is 2.73 bits per heavy atom. The smallest absolute Gasteiger partial charge is 0.178 e. The van der Waals surface area contributed by atoms with Crippen molar-refractivity contribution in [1.82, 2.24) is 9.78 Å². The van der Waals surface area contributed by atoms with E-state index in [1.807, 2.05) is 0 Å². The molecule has 2 rings (SSSR count). The van der Waals surface area contributed by atoms with Gasteiger partial charge < -0.3 is 5.11 Å². The third kappa shape index (κ3) is 1.61. The Balaban J connectivity index is 2.59. The normalized spacial score (nSPS) is 10.2. The highest BCUT2D eigenvalue weighted by Crippen LogP contribution is 2.21. The first-order valence-electron chi connectivity index (χ1n) is 4.53. The van der Waals surface area contributed by atoms with Crippen molar-refractivity contribution in [3.8, 4) is 11.4 Å². The number of carbonyl (C=O) groups excluding carboxylic acids is 1. The molecule has 15 heavy (non-hydrogen) atoms. The van der Waals surface area contributed by atoms with Crippen molar-refractivity contribution < 1.29 is 9.90 Å². The number of ketones is 1. The molecule has 0 aliphatic rings. The molecule has 1 N–H and O–H groups in total. The van der Waals surface area contributed by atoms with Gasteiger partial charge in [-0.2, -0.15) is 5.10 Å². The van der Waals surface area contributed by atoms with Crippen LogP contribution >= 0.6 is 0 Å². The number of phenols is 1. The predicted molar refractivity (Wildman–Crippen MR) is 55.2 cm³/mol. The van der Waals surface area contributed by atoms with E-state index in [1.165, 1.54) is 17.8 Å². The van der Waals surface area contributed by atoms with Gasteiger partial charge >= 0.3 is 0 Å². The second-order valence-electron chi connectivity index (χ2n) is 3.17. The standard InChI is InChI=1S/C11H10N2O2/c1-8(14)9-6-7-12-13(9)10-4-2-3-5-11(10)15/h2-7,15H,1H3. The van der Waals surface area contributed by atoms with Crippen LogP contribution in [-0.2, 0) is 0 Å². The summed E-state index contributed by atoms with van der Waals surface area (Å²) in [5.41, 5.74) is 0.962. The summed E-state index contributed by atoms with van der Waals surface area (Å²) >= 11 is 0. The maximum Gasteiger partial charge on any atom is 0.178 e. The SMILES string of the molecule is CC(=O)c1ccnn1-c1ccccc1O. The van der Waals surface area contributed by atoms with Gasteiger partial charge in [-0.3, -0.25) is 4.79 Å². The number of para-hydroxylation sites is 2. The number of phenolic OH excluding ortho intramolecular Hbond substituents is 1. The molecular weight excluding hydrogens is 192 g/mol. The van der Waals surface area contributed by atoms with Gasteiger partial charge in [-0.25, -0.2) is 4.68 Å². The molecule has 2 aromatic rings. The van der Waals surface area contributed by atoms with Crippen LogP contribution in [0.1, 0.15) is 17.4 Å². The molecular formula is C11H10N2O2. The van der Waals surface area contributed by atoms with Crippen LogP contribution in [0.2, 0.25) is 0 Å². The molecule has 0 aliphatic heterocycles. The highest BCUT2D eigenvalue weighted by molar-refractivity contribution is 5.93. The summed E-state index contributed by atoms with van der Waals surface area (Å²) in [5.74, 6) is 0.0134. The van der Waals surface area contributed by atoms with E-state index in [2.05, 4.69) is 5.10 Å². The van der Waals surface area contributed by atoms with Gasteiger partial charge in [0.25, 0.3) is 0 Å². The van der Waals surface area contributed by atoms with Crippen LogP contribution < -0.4 is 0 Å². The fraction of sp³-hybridized carbons (Fsp3) is 0.0909. The molecule has 1 heterocycles. The summed E-state index contributed by atoms with van der Waals surface area (Å²) in [6.45, 7) is 1.47. The van der Waals surface area contributed by atoms with E-state index in [9.17, 15) is 9.90 Å². The maximum absolute atomic E-state index is 11.3. The molecule has 0 spiro atoms. The number of Topliss-reactive ketones (excluding diaryl/α,β-unsaturated/α-hetero) is 1. The summed E-state index contributed by atoms with van der Waals surface area (Å²) in [5, 5.41) is 13.6. The number of hydrogen-bond donors (Lipinski definition) is 1. The Morgan fingerprint density at radius 1 is 1.33 bits per heavy atom. The molecule has 0 amide bonds. The first-order chi connectivity index (χ1) is 7.20. The summed E-state index contributed by atoms with van der Waals surface area (Å²) in [6, 6.07) is 8.38. The second kappa shape index (κ2) is 3.57. The molecule has 1 aromatic heterocycles. The van der Waals surface area contributed by atoms with E-state index in [0.29, 0.717) is 11.4 Å². The Hall–Kier alpha value is -2.10. The van der Waals surface area contributed by atoms with Gasteiger partial charge in [0, 0.05) is 6.92 Å². The van der Waals surface area contributed by atoms with E-state index in [1.54, 1.807) is 30.3 Å². The van der Waals surface area contributed by atoms with Crippen molar-refractivity contribution in [2.24, 2.45) is 0 Å². The van der Waals surface area contributed by atoms with Crippen molar-refractivity contribution in [2.45, 2.75) is 6.92 Å². The van der Waals surface area contributed by atoms with Gasteiger partial charge in [-0.15, -0.1) is 0 Å². The van der Waals surface area contributed by atoms with Crippen LogP contribution in [0.4, 0.5) is 0 Å². The van der Waals surface area contributed by atoms with Crippen LogP contribution in [-0.4, -0.2) is 20.7 Å². The minimum absolute atomic E-state index is 0.0873. The summed E-state index contributed by atoms with van der Waals surface area (Å²) in [7, 11) is 0. The third-order valence-electron chi connectivity index (χ3n) is 2.11. The van der Waals surface area contributed by atoms with Crippen LogP contribution in [0.5, 0.6) is 5.75 Å². The van der Waals surface area contributed by atoms with Crippen LogP contribution in [0, 0.1) is 0 Å². The summed E-state index contributed by atoms with van der Waals surface area (Å²) in [4.78, 5) is 11.3. The first-order valence-corrected chi connectivity index (χ1v) is 4.53. The van der Waals surface area contributed by atoms with Gasteiger partial charge in [-0.05, 0) is 18.2 Å². The highest BCUT2D eigenvalue weighted by Gasteiger charge is 2.11. The topological polar surface area (TPSA) is 55.1 Å². The maximum atomic E-state index is 11.3. The van der Waals surface area contributed by atoms with Crippen LogP contribution in [0.15, 0.2) is 36.5 Å². The Morgan fingerprint density at radius 2 is 2.07 bits per heavy atom. The second-order valence-corrected chi connectivity index (χ2v) is 3.17. The number of aromatic hydroxyl groups is 1. The summed E-state index contributed by atoms with van der Waals surface area (Å²) in [6.07, 6.45) is 1.53. The van der Waals surface area contributed by atoms with Gasteiger partial charge in [0.05, 0.1) is 6.20 Å². The molecule has 0 bridgehead atoms. The van der Waals surface area contributed by atoms with Crippen molar-refractivity contribution in [2.75, 3.05) is 0 Å². The average Bonchev–Trinajstić information content (AvgIpc) is 2.67. The van der Waals surface area contributed by atoms with E-state index < -0.39 is 0 Å². The number of aromatic nitrogens is 2. The minimum atomic E-state index is -0.0873. The van der Waals surface area contributed by atoms with Crippen molar-refractivity contribution in [1.29, 1.82) is 0 Å². The monoisotopic (exact) mass is 202 g/mol. The lowest BCUT2D eigenvalue weighted by atomic mass is 10.2. The van der Waals surface area contributed by atoms with Gasteiger partial charge in [0.1, 0.15) is 17.1 Å². The molecule has 0 unspecified atom stereocenters. The molecule has 1 aromatic carbocycles.